The number of benzene rings is 1. The van der Waals surface area contributed by atoms with Gasteiger partial charge in [-0.25, -0.2) is 13.6 Å². The highest BCUT2D eigenvalue weighted by Gasteiger charge is 2.19. The van der Waals surface area contributed by atoms with E-state index >= 15 is 0 Å². The summed E-state index contributed by atoms with van der Waals surface area (Å²) in [5, 5.41) is 6.12. The molecule has 0 fully saturated rings. The van der Waals surface area contributed by atoms with Crippen molar-refractivity contribution in [3.8, 4) is 0 Å². The van der Waals surface area contributed by atoms with Gasteiger partial charge in [0.25, 0.3) is 0 Å². The summed E-state index contributed by atoms with van der Waals surface area (Å²) in [7, 11) is 1.09. The number of hydrogen-bond donors (Lipinski definition) is 1. The summed E-state index contributed by atoms with van der Waals surface area (Å²) in [6, 6.07) is 3.98. The molecule has 1 aromatic heterocycles. The summed E-state index contributed by atoms with van der Waals surface area (Å²) in [5.74, 6) is -2.87. The standard InChI is InChI=1S/C12H10F2N2O3/c1-18-12(17)8-2-3-9(11(14)10(8)13)15-6-7-4-5-16-19-7/h2-5,15H,6H2,1H3. The fourth-order valence-electron chi connectivity index (χ4n) is 1.47. The zero-order valence-electron chi connectivity index (χ0n) is 9.94. The molecule has 0 aliphatic carbocycles. The molecular formula is C12H10F2N2O3. The molecule has 0 aliphatic rings. The Hall–Kier alpha value is -2.44. The van der Waals surface area contributed by atoms with E-state index in [0.29, 0.717) is 5.76 Å². The van der Waals surface area contributed by atoms with E-state index in [1.54, 1.807) is 6.07 Å². The lowest BCUT2D eigenvalue weighted by Gasteiger charge is -2.08. The van der Waals surface area contributed by atoms with E-state index in [9.17, 15) is 13.6 Å². The molecule has 0 saturated carbocycles. The van der Waals surface area contributed by atoms with Gasteiger partial charge in [-0.3, -0.25) is 0 Å². The molecule has 2 rings (SSSR count). The van der Waals surface area contributed by atoms with Crippen molar-refractivity contribution < 1.29 is 22.8 Å². The number of nitrogens with one attached hydrogen (secondary N) is 1. The minimum atomic E-state index is -1.26. The van der Waals surface area contributed by atoms with Crippen molar-refractivity contribution in [3.05, 3.63) is 47.4 Å². The molecule has 100 valence electrons. The van der Waals surface area contributed by atoms with Gasteiger partial charge >= 0.3 is 5.97 Å². The predicted octanol–water partition coefficient (Wildman–Crippen LogP) is 2.35. The van der Waals surface area contributed by atoms with Crippen LogP contribution in [0, 0.1) is 11.6 Å². The maximum absolute atomic E-state index is 13.7. The largest absolute Gasteiger partial charge is 0.465 e. The molecule has 1 N–H and O–H groups in total. The zero-order chi connectivity index (χ0) is 13.8. The molecule has 0 bridgehead atoms. The summed E-state index contributed by atoms with van der Waals surface area (Å²) in [5.41, 5.74) is -0.535. The van der Waals surface area contributed by atoms with Gasteiger partial charge in [-0.1, -0.05) is 5.16 Å². The van der Waals surface area contributed by atoms with E-state index in [0.717, 1.165) is 13.2 Å². The summed E-state index contributed by atoms with van der Waals surface area (Å²) < 4.78 is 36.5. The van der Waals surface area contributed by atoms with Crippen LogP contribution in [0.1, 0.15) is 16.1 Å². The average Bonchev–Trinajstić information content (AvgIpc) is 2.93. The Bertz CT molecular complexity index is 585. The normalized spacial score (nSPS) is 10.3. The predicted molar refractivity (Wildman–Crippen MR) is 61.5 cm³/mol. The fraction of sp³-hybridized carbons (Fsp3) is 0.167. The summed E-state index contributed by atoms with van der Waals surface area (Å²) in [4.78, 5) is 11.2. The molecule has 0 atom stereocenters. The Kier molecular flexibility index (Phi) is 3.74. The number of carbonyl (C=O) groups is 1. The summed E-state index contributed by atoms with van der Waals surface area (Å²) in [6.07, 6.45) is 1.44. The van der Waals surface area contributed by atoms with Crippen LogP contribution in [0.15, 0.2) is 28.9 Å². The van der Waals surface area contributed by atoms with Crippen LogP contribution in [0.25, 0.3) is 0 Å². The molecule has 0 amide bonds. The molecule has 1 heterocycles. The van der Waals surface area contributed by atoms with Gasteiger partial charge in [0.05, 0.1) is 31.1 Å². The van der Waals surface area contributed by atoms with E-state index in [2.05, 4.69) is 15.2 Å². The van der Waals surface area contributed by atoms with Crippen molar-refractivity contribution >= 4 is 11.7 Å². The van der Waals surface area contributed by atoms with Gasteiger partial charge in [-0.05, 0) is 12.1 Å². The van der Waals surface area contributed by atoms with E-state index in [-0.39, 0.29) is 12.2 Å². The smallest absolute Gasteiger partial charge is 0.340 e. The maximum atomic E-state index is 13.7. The average molecular weight is 268 g/mol. The third kappa shape index (κ3) is 2.70. The Morgan fingerprint density at radius 1 is 1.37 bits per heavy atom. The quantitative estimate of drug-likeness (QED) is 0.862. The third-order valence-electron chi connectivity index (χ3n) is 2.43. The first-order valence-corrected chi connectivity index (χ1v) is 5.33. The van der Waals surface area contributed by atoms with E-state index in [1.807, 2.05) is 0 Å². The molecule has 0 spiro atoms. The van der Waals surface area contributed by atoms with Crippen molar-refractivity contribution in [1.82, 2.24) is 5.16 Å². The highest BCUT2D eigenvalue weighted by molar-refractivity contribution is 5.90. The molecule has 5 nitrogen and oxygen atoms in total. The molecule has 0 aliphatic heterocycles. The van der Waals surface area contributed by atoms with Crippen molar-refractivity contribution in [2.45, 2.75) is 6.54 Å². The van der Waals surface area contributed by atoms with Crippen LogP contribution in [0.5, 0.6) is 0 Å². The third-order valence-corrected chi connectivity index (χ3v) is 2.43. The summed E-state index contributed by atoms with van der Waals surface area (Å²) in [6.45, 7) is 0.147. The Labute approximate surface area is 107 Å². The molecule has 1 aromatic carbocycles. The van der Waals surface area contributed by atoms with Gasteiger partial charge in [-0.15, -0.1) is 0 Å². The van der Waals surface area contributed by atoms with Gasteiger partial charge in [0, 0.05) is 6.07 Å². The van der Waals surface area contributed by atoms with Gasteiger partial charge in [0.1, 0.15) is 0 Å². The number of rotatable bonds is 4. The Morgan fingerprint density at radius 2 is 2.16 bits per heavy atom. The number of aromatic nitrogens is 1. The molecule has 2 aromatic rings. The molecule has 0 radical (unpaired) electrons. The fourth-order valence-corrected chi connectivity index (χ4v) is 1.47. The first-order chi connectivity index (χ1) is 9.13. The van der Waals surface area contributed by atoms with Crippen LogP contribution in [0.4, 0.5) is 14.5 Å². The lowest BCUT2D eigenvalue weighted by Crippen LogP contribution is -2.09. The van der Waals surface area contributed by atoms with Crippen LogP contribution in [-0.2, 0) is 11.3 Å². The number of hydrogen-bond acceptors (Lipinski definition) is 5. The van der Waals surface area contributed by atoms with Gasteiger partial charge in [0.15, 0.2) is 17.4 Å². The Morgan fingerprint density at radius 3 is 2.79 bits per heavy atom. The second kappa shape index (κ2) is 5.47. The van der Waals surface area contributed by atoms with E-state index in [1.165, 1.54) is 12.3 Å². The van der Waals surface area contributed by atoms with Crippen LogP contribution < -0.4 is 5.32 Å². The number of esters is 1. The second-order valence-corrected chi connectivity index (χ2v) is 3.61. The lowest BCUT2D eigenvalue weighted by molar-refractivity contribution is 0.0594. The first-order valence-electron chi connectivity index (χ1n) is 5.33. The molecule has 0 unspecified atom stereocenters. The SMILES string of the molecule is COC(=O)c1ccc(NCc2ccno2)c(F)c1F. The van der Waals surface area contributed by atoms with Crippen LogP contribution >= 0.6 is 0 Å². The highest BCUT2D eigenvalue weighted by atomic mass is 19.2. The topological polar surface area (TPSA) is 64.4 Å². The van der Waals surface area contributed by atoms with E-state index in [4.69, 9.17) is 4.52 Å². The minimum absolute atomic E-state index is 0.0819. The van der Waals surface area contributed by atoms with Crippen LogP contribution in [-0.4, -0.2) is 18.2 Å². The molecule has 7 heteroatoms. The van der Waals surface area contributed by atoms with Crippen molar-refractivity contribution in [2.75, 3.05) is 12.4 Å². The number of carbonyl (C=O) groups excluding carboxylic acids is 1. The van der Waals surface area contributed by atoms with Crippen LogP contribution in [0.2, 0.25) is 0 Å². The van der Waals surface area contributed by atoms with Gasteiger partial charge in [-0.2, -0.15) is 0 Å². The number of ether oxygens (including phenoxy) is 1. The number of nitrogens with zero attached hydrogens (tertiary/aromatic N) is 1. The molecule has 0 saturated heterocycles. The molecular weight excluding hydrogens is 258 g/mol. The molecule has 19 heavy (non-hydrogen) atoms. The Balaban J connectivity index is 2.19. The van der Waals surface area contributed by atoms with Crippen LogP contribution in [0.3, 0.4) is 0 Å². The minimum Gasteiger partial charge on any atom is -0.465 e. The zero-order valence-corrected chi connectivity index (χ0v) is 9.94. The number of halogens is 2. The van der Waals surface area contributed by atoms with E-state index < -0.39 is 23.2 Å². The van der Waals surface area contributed by atoms with Crippen molar-refractivity contribution in [2.24, 2.45) is 0 Å². The van der Waals surface area contributed by atoms with Crippen molar-refractivity contribution in [1.29, 1.82) is 0 Å². The monoisotopic (exact) mass is 268 g/mol. The highest BCUT2D eigenvalue weighted by Crippen LogP contribution is 2.21. The number of methoxy groups -OCH3 is 1. The van der Waals surface area contributed by atoms with Gasteiger partial charge < -0.3 is 14.6 Å². The maximum Gasteiger partial charge on any atom is 0.340 e. The van der Waals surface area contributed by atoms with Gasteiger partial charge in [0.2, 0.25) is 0 Å². The van der Waals surface area contributed by atoms with Crippen molar-refractivity contribution in [3.63, 3.8) is 0 Å². The summed E-state index contributed by atoms with van der Waals surface area (Å²) >= 11 is 0. The second-order valence-electron chi connectivity index (χ2n) is 3.61. The first kappa shape index (κ1) is 13.0. The number of anilines is 1. The lowest BCUT2D eigenvalue weighted by atomic mass is 10.2.